The molecule has 0 radical (unpaired) electrons. The lowest BCUT2D eigenvalue weighted by molar-refractivity contribution is -0.136. The molecule has 1 aliphatic rings. The molecule has 0 amide bonds. The van der Waals surface area contributed by atoms with Crippen molar-refractivity contribution in [1.82, 2.24) is 10.2 Å². The second-order valence-electron chi connectivity index (χ2n) is 5.71. The third-order valence-electron chi connectivity index (χ3n) is 4.05. The first-order valence-corrected chi connectivity index (χ1v) is 8.05. The molecule has 0 spiro atoms. The van der Waals surface area contributed by atoms with E-state index in [2.05, 4.69) is 5.32 Å². The summed E-state index contributed by atoms with van der Waals surface area (Å²) in [7, 11) is 2.81. The maximum atomic E-state index is 14.3. The lowest BCUT2D eigenvalue weighted by Gasteiger charge is -2.40. The minimum absolute atomic E-state index is 0.113. The second-order valence-corrected chi connectivity index (χ2v) is 6.10. The van der Waals surface area contributed by atoms with E-state index >= 15 is 0 Å². The van der Waals surface area contributed by atoms with Crippen LogP contribution in [0, 0.1) is 11.6 Å². The number of nitrogens with zero attached hydrogens (tertiary/aromatic N) is 1. The molecule has 0 aliphatic carbocycles. The Labute approximate surface area is 150 Å². The fourth-order valence-electron chi connectivity index (χ4n) is 2.95. The van der Waals surface area contributed by atoms with Gasteiger partial charge in [0.15, 0.2) is 5.11 Å². The monoisotopic (exact) mass is 370 g/mol. The molecule has 1 aliphatic heterocycles. The molecule has 8 heteroatoms. The Morgan fingerprint density at radius 3 is 2.64 bits per heavy atom. The van der Waals surface area contributed by atoms with Crippen LogP contribution in [0.15, 0.2) is 29.5 Å². The van der Waals surface area contributed by atoms with Gasteiger partial charge in [0, 0.05) is 24.4 Å². The number of thiocarbonyl (C=S) groups is 1. The number of hydrogen-bond acceptors (Lipinski definition) is 4. The van der Waals surface area contributed by atoms with Crippen LogP contribution >= 0.6 is 12.2 Å². The number of ether oxygens (including phenoxy) is 2. The zero-order valence-electron chi connectivity index (χ0n) is 14.4. The number of esters is 1. The molecule has 5 nitrogen and oxygen atoms in total. The van der Waals surface area contributed by atoms with E-state index < -0.39 is 23.6 Å². The van der Waals surface area contributed by atoms with E-state index in [0.29, 0.717) is 17.4 Å². The number of halogens is 2. The molecule has 0 saturated carbocycles. The highest BCUT2D eigenvalue weighted by atomic mass is 32.1. The number of nitrogens with one attached hydrogen (secondary N) is 1. The van der Waals surface area contributed by atoms with Crippen LogP contribution in [0.5, 0.6) is 0 Å². The van der Waals surface area contributed by atoms with Crippen molar-refractivity contribution in [2.75, 3.05) is 20.8 Å². The molecule has 0 fully saturated rings. The van der Waals surface area contributed by atoms with Gasteiger partial charge in [-0.1, -0.05) is 6.07 Å². The molecule has 2 rings (SSSR count). The normalized spacial score (nSPS) is 18.9. The molecule has 1 aromatic carbocycles. The van der Waals surface area contributed by atoms with Crippen molar-refractivity contribution in [1.29, 1.82) is 0 Å². The molecule has 1 heterocycles. The molecule has 0 bridgehead atoms. The van der Waals surface area contributed by atoms with Gasteiger partial charge < -0.3 is 19.7 Å². The molecular formula is C17H20F2N2O3S. The van der Waals surface area contributed by atoms with Gasteiger partial charge in [-0.3, -0.25) is 0 Å². The van der Waals surface area contributed by atoms with Crippen molar-refractivity contribution in [3.05, 3.63) is 46.7 Å². The summed E-state index contributed by atoms with van der Waals surface area (Å²) in [6.45, 7) is 3.97. The molecular weight excluding hydrogens is 350 g/mol. The van der Waals surface area contributed by atoms with E-state index in [0.717, 1.165) is 12.1 Å². The smallest absolute Gasteiger partial charge is 0.337 e. The predicted octanol–water partition coefficient (Wildman–Crippen LogP) is 2.68. The summed E-state index contributed by atoms with van der Waals surface area (Å²) in [5, 5.41) is 3.28. The van der Waals surface area contributed by atoms with E-state index in [4.69, 9.17) is 21.7 Å². The summed E-state index contributed by atoms with van der Waals surface area (Å²) in [4.78, 5) is 14.1. The topological polar surface area (TPSA) is 50.8 Å². The molecule has 136 valence electrons. The maximum absolute atomic E-state index is 14.3. The number of hydrogen-bond donors (Lipinski definition) is 1. The van der Waals surface area contributed by atoms with E-state index in [1.807, 2.05) is 6.92 Å². The molecule has 0 saturated heterocycles. The van der Waals surface area contributed by atoms with E-state index in [-0.39, 0.29) is 17.2 Å². The van der Waals surface area contributed by atoms with Gasteiger partial charge in [0.2, 0.25) is 0 Å². The Balaban J connectivity index is 2.57. The fraction of sp³-hybridized carbons (Fsp3) is 0.412. The van der Waals surface area contributed by atoms with Crippen LogP contribution in [-0.4, -0.2) is 42.8 Å². The number of benzene rings is 1. The quantitative estimate of drug-likeness (QED) is 0.635. The molecule has 2 atom stereocenters. The van der Waals surface area contributed by atoms with Crippen LogP contribution in [0.3, 0.4) is 0 Å². The number of carbonyl (C=O) groups excluding carboxylic acids is 1. The van der Waals surface area contributed by atoms with Crippen LogP contribution in [0.4, 0.5) is 8.78 Å². The van der Waals surface area contributed by atoms with Gasteiger partial charge in [0.05, 0.1) is 31.4 Å². The predicted molar refractivity (Wildman–Crippen MR) is 92.7 cm³/mol. The number of methoxy groups -OCH3 is 2. The standard InChI is InChI=1S/C17H20F2N2O3S/c1-9(8-23-3)21-10(2)14(16(22)24-4)15(20-17(21)25)12-6-5-11(18)7-13(12)19/h5-7,9,15H,8H2,1-4H3,(H,20,25)/t9-,15-/m0/s1. The fourth-order valence-corrected chi connectivity index (χ4v) is 3.38. The Morgan fingerprint density at radius 2 is 2.08 bits per heavy atom. The van der Waals surface area contributed by atoms with Gasteiger partial charge >= 0.3 is 5.97 Å². The van der Waals surface area contributed by atoms with E-state index in [1.54, 1.807) is 18.9 Å². The molecule has 1 aromatic rings. The summed E-state index contributed by atoms with van der Waals surface area (Å²) in [5.74, 6) is -2.08. The van der Waals surface area contributed by atoms with E-state index in [1.165, 1.54) is 13.2 Å². The number of allylic oxidation sites excluding steroid dienone is 1. The van der Waals surface area contributed by atoms with Crippen LogP contribution in [0.25, 0.3) is 0 Å². The van der Waals surface area contributed by atoms with E-state index in [9.17, 15) is 13.6 Å². The SMILES string of the molecule is COC[C@H](C)N1C(=S)N[C@@H](c2ccc(F)cc2F)C(C(=O)OC)=C1C. The van der Waals surface area contributed by atoms with Crippen molar-refractivity contribution in [3.63, 3.8) is 0 Å². The number of rotatable bonds is 5. The summed E-state index contributed by atoms with van der Waals surface area (Å²) in [6.07, 6.45) is 0. The van der Waals surface area contributed by atoms with Crippen molar-refractivity contribution in [2.24, 2.45) is 0 Å². The van der Waals surface area contributed by atoms with Gasteiger partial charge in [-0.05, 0) is 32.1 Å². The number of carbonyl (C=O) groups is 1. The third-order valence-corrected chi connectivity index (χ3v) is 4.37. The molecule has 25 heavy (non-hydrogen) atoms. The average Bonchev–Trinajstić information content (AvgIpc) is 2.54. The zero-order chi connectivity index (χ0) is 18.7. The summed E-state index contributed by atoms with van der Waals surface area (Å²) in [5.41, 5.74) is 0.862. The maximum Gasteiger partial charge on any atom is 0.337 e. The van der Waals surface area contributed by atoms with Crippen molar-refractivity contribution in [3.8, 4) is 0 Å². The Kier molecular flexibility index (Phi) is 6.07. The third kappa shape index (κ3) is 3.80. The highest BCUT2D eigenvalue weighted by Crippen LogP contribution is 2.33. The van der Waals surface area contributed by atoms with Crippen molar-refractivity contribution >= 4 is 23.3 Å². The highest BCUT2D eigenvalue weighted by molar-refractivity contribution is 7.80. The van der Waals surface area contributed by atoms with Crippen molar-refractivity contribution in [2.45, 2.75) is 25.9 Å². The Bertz CT molecular complexity index is 724. The van der Waals surface area contributed by atoms with Crippen LogP contribution in [-0.2, 0) is 14.3 Å². The Hall–Kier alpha value is -2.06. The molecule has 0 aromatic heterocycles. The minimum atomic E-state index is -0.869. The molecule has 1 N–H and O–H groups in total. The first-order chi connectivity index (χ1) is 11.8. The van der Waals surface area contributed by atoms with Gasteiger partial charge in [-0.15, -0.1) is 0 Å². The second kappa shape index (κ2) is 7.88. The zero-order valence-corrected chi connectivity index (χ0v) is 15.2. The van der Waals surface area contributed by atoms with Crippen LogP contribution < -0.4 is 5.32 Å². The van der Waals surface area contributed by atoms with Gasteiger partial charge in [0.25, 0.3) is 0 Å². The minimum Gasteiger partial charge on any atom is -0.466 e. The summed E-state index contributed by atoms with van der Waals surface area (Å²) >= 11 is 5.39. The Morgan fingerprint density at radius 1 is 1.40 bits per heavy atom. The van der Waals surface area contributed by atoms with Crippen LogP contribution in [0.1, 0.15) is 25.5 Å². The van der Waals surface area contributed by atoms with Gasteiger partial charge in [-0.25, -0.2) is 13.6 Å². The van der Waals surface area contributed by atoms with Gasteiger partial charge in [0.1, 0.15) is 11.6 Å². The first-order valence-electron chi connectivity index (χ1n) is 7.64. The lowest BCUT2D eigenvalue weighted by atomic mass is 9.94. The highest BCUT2D eigenvalue weighted by Gasteiger charge is 2.37. The average molecular weight is 370 g/mol. The summed E-state index contributed by atoms with van der Waals surface area (Å²) < 4.78 is 37.5. The molecule has 0 unspecified atom stereocenters. The van der Waals surface area contributed by atoms with Gasteiger partial charge in [-0.2, -0.15) is 0 Å². The summed E-state index contributed by atoms with van der Waals surface area (Å²) in [6, 6.07) is 2.17. The first kappa shape index (κ1) is 19.3. The van der Waals surface area contributed by atoms with Crippen LogP contribution in [0.2, 0.25) is 0 Å². The lowest BCUT2D eigenvalue weighted by Crippen LogP contribution is -2.52. The van der Waals surface area contributed by atoms with Crippen molar-refractivity contribution < 1.29 is 23.0 Å². The largest absolute Gasteiger partial charge is 0.466 e.